The van der Waals surface area contributed by atoms with Crippen LogP contribution in [-0.2, 0) is 5.41 Å². The first-order valence-corrected chi connectivity index (χ1v) is 6.96. The summed E-state index contributed by atoms with van der Waals surface area (Å²) in [6.07, 6.45) is 0. The van der Waals surface area contributed by atoms with Crippen LogP contribution in [0.5, 0.6) is 0 Å². The van der Waals surface area contributed by atoms with E-state index in [0.29, 0.717) is 5.69 Å². The van der Waals surface area contributed by atoms with Crippen LogP contribution >= 0.6 is 0 Å². The first-order valence-electron chi connectivity index (χ1n) is 6.96. The molecule has 0 saturated carbocycles. The zero-order valence-electron chi connectivity index (χ0n) is 12.8. The minimum atomic E-state index is -1.01. The third-order valence-electron chi connectivity index (χ3n) is 3.42. The third kappa shape index (κ3) is 3.45. The number of hydrogen-bond donors (Lipinski definition) is 1. The molecule has 4 heteroatoms. The quantitative estimate of drug-likeness (QED) is 0.935. The van der Waals surface area contributed by atoms with Gasteiger partial charge in [0.25, 0.3) is 0 Å². The molecule has 2 rings (SSSR count). The predicted octanol–water partition coefficient (Wildman–Crippen LogP) is 3.62. The van der Waals surface area contributed by atoms with Crippen molar-refractivity contribution in [3.63, 3.8) is 0 Å². The maximum Gasteiger partial charge on any atom is 0.354 e. The van der Waals surface area contributed by atoms with Crippen LogP contribution in [0.25, 0.3) is 0 Å². The molecule has 0 bridgehead atoms. The van der Waals surface area contributed by atoms with Crippen LogP contribution in [0.15, 0.2) is 36.4 Å². The van der Waals surface area contributed by atoms with Gasteiger partial charge in [0.05, 0.1) is 5.69 Å². The number of carbonyl (C=O) groups is 1. The van der Waals surface area contributed by atoms with Gasteiger partial charge in [-0.25, -0.2) is 9.78 Å². The van der Waals surface area contributed by atoms with Crippen molar-refractivity contribution >= 4 is 5.97 Å². The van der Waals surface area contributed by atoms with Gasteiger partial charge < -0.3 is 5.11 Å². The lowest BCUT2D eigenvalue weighted by Crippen LogP contribution is -2.15. The summed E-state index contributed by atoms with van der Waals surface area (Å²) < 4.78 is 0. The monoisotopic (exact) mass is 284 g/mol. The van der Waals surface area contributed by atoms with Gasteiger partial charge in [-0.1, -0.05) is 39.8 Å². The molecule has 2 heterocycles. The van der Waals surface area contributed by atoms with Crippen molar-refractivity contribution in [3.05, 3.63) is 59.2 Å². The minimum absolute atomic E-state index is 0.0218. The molecule has 0 spiro atoms. The molecule has 21 heavy (non-hydrogen) atoms. The Labute approximate surface area is 124 Å². The van der Waals surface area contributed by atoms with Gasteiger partial charge in [-0.2, -0.15) is 0 Å². The standard InChI is InChI=1S/C17H20N2O2/c1-11(12-7-5-9-14(18-12)16(20)21)13-8-6-10-15(19-13)17(2,3)4/h5-11H,1-4H3,(H,20,21). The SMILES string of the molecule is CC(c1cccc(C(=O)O)n1)c1cccc(C(C)(C)C)n1. The van der Waals surface area contributed by atoms with E-state index in [4.69, 9.17) is 10.1 Å². The molecule has 0 saturated heterocycles. The first kappa shape index (κ1) is 15.2. The highest BCUT2D eigenvalue weighted by Crippen LogP contribution is 2.25. The molecule has 0 aromatic carbocycles. The molecule has 1 N–H and O–H groups in total. The van der Waals surface area contributed by atoms with Crippen LogP contribution < -0.4 is 0 Å². The van der Waals surface area contributed by atoms with Crippen molar-refractivity contribution in [2.45, 2.75) is 39.0 Å². The maximum absolute atomic E-state index is 11.0. The second kappa shape index (κ2) is 5.64. The van der Waals surface area contributed by atoms with Gasteiger partial charge in [0, 0.05) is 22.7 Å². The number of aromatic nitrogens is 2. The molecule has 0 aliphatic rings. The molecule has 4 nitrogen and oxygen atoms in total. The Kier molecular flexibility index (Phi) is 4.07. The van der Waals surface area contributed by atoms with Gasteiger partial charge in [-0.3, -0.25) is 4.98 Å². The van der Waals surface area contributed by atoms with Gasteiger partial charge in [0.15, 0.2) is 0 Å². The van der Waals surface area contributed by atoms with E-state index in [-0.39, 0.29) is 17.0 Å². The van der Waals surface area contributed by atoms with E-state index in [1.807, 2.05) is 31.2 Å². The average molecular weight is 284 g/mol. The fraction of sp³-hybridized carbons (Fsp3) is 0.353. The summed E-state index contributed by atoms with van der Waals surface area (Å²) in [7, 11) is 0. The summed E-state index contributed by atoms with van der Waals surface area (Å²) in [6.45, 7) is 8.34. The lowest BCUT2D eigenvalue weighted by molar-refractivity contribution is 0.0690. The second-order valence-electron chi connectivity index (χ2n) is 6.17. The smallest absolute Gasteiger partial charge is 0.354 e. The van der Waals surface area contributed by atoms with Crippen molar-refractivity contribution in [1.29, 1.82) is 0 Å². The van der Waals surface area contributed by atoms with Gasteiger partial charge in [0.2, 0.25) is 0 Å². The van der Waals surface area contributed by atoms with Crippen molar-refractivity contribution in [3.8, 4) is 0 Å². The number of hydrogen-bond acceptors (Lipinski definition) is 3. The lowest BCUT2D eigenvalue weighted by Gasteiger charge is -2.20. The average Bonchev–Trinajstić information content (AvgIpc) is 2.46. The summed E-state index contributed by atoms with van der Waals surface area (Å²) >= 11 is 0. The van der Waals surface area contributed by atoms with Crippen LogP contribution in [0, 0.1) is 0 Å². The highest BCUT2D eigenvalue weighted by Gasteiger charge is 2.19. The Hall–Kier alpha value is -2.23. The normalized spacial score (nSPS) is 13.0. The molecule has 0 fully saturated rings. The molecule has 0 radical (unpaired) electrons. The van der Waals surface area contributed by atoms with E-state index in [1.54, 1.807) is 6.07 Å². The molecule has 0 amide bonds. The van der Waals surface area contributed by atoms with Gasteiger partial charge in [-0.15, -0.1) is 0 Å². The first-order chi connectivity index (χ1) is 9.79. The third-order valence-corrected chi connectivity index (χ3v) is 3.42. The largest absolute Gasteiger partial charge is 0.477 e. The molecule has 0 aliphatic heterocycles. The molecule has 2 aromatic heterocycles. The van der Waals surface area contributed by atoms with Crippen LogP contribution in [0.3, 0.4) is 0 Å². The Morgan fingerprint density at radius 1 is 1.05 bits per heavy atom. The molecular formula is C17H20N2O2. The number of aromatic carboxylic acids is 1. The zero-order chi connectivity index (χ0) is 15.6. The fourth-order valence-electron chi connectivity index (χ4n) is 2.07. The number of pyridine rings is 2. The van der Waals surface area contributed by atoms with Crippen LogP contribution in [0.2, 0.25) is 0 Å². The summed E-state index contributed by atoms with van der Waals surface area (Å²) in [5.41, 5.74) is 2.67. The second-order valence-corrected chi connectivity index (χ2v) is 6.17. The van der Waals surface area contributed by atoms with E-state index in [1.165, 1.54) is 6.07 Å². The minimum Gasteiger partial charge on any atom is -0.477 e. The topological polar surface area (TPSA) is 63.1 Å². The summed E-state index contributed by atoms with van der Waals surface area (Å²) in [4.78, 5) is 19.9. The highest BCUT2D eigenvalue weighted by molar-refractivity contribution is 5.85. The van der Waals surface area contributed by atoms with Crippen molar-refractivity contribution < 1.29 is 9.90 Å². The Balaban J connectivity index is 2.38. The number of carboxylic acids is 1. The van der Waals surface area contributed by atoms with Gasteiger partial charge in [-0.05, 0) is 24.3 Å². The summed E-state index contributed by atoms with van der Waals surface area (Å²) in [5.74, 6) is -1.06. The fourth-order valence-corrected chi connectivity index (χ4v) is 2.07. The Morgan fingerprint density at radius 3 is 2.19 bits per heavy atom. The van der Waals surface area contributed by atoms with E-state index in [2.05, 4.69) is 25.8 Å². The van der Waals surface area contributed by atoms with Gasteiger partial charge >= 0.3 is 5.97 Å². The number of carboxylic acid groups (broad SMARTS) is 1. The molecule has 0 aliphatic carbocycles. The molecule has 2 aromatic rings. The van der Waals surface area contributed by atoms with E-state index < -0.39 is 5.97 Å². The Bertz CT molecular complexity index is 660. The number of rotatable bonds is 3. The van der Waals surface area contributed by atoms with Crippen molar-refractivity contribution in [1.82, 2.24) is 9.97 Å². The van der Waals surface area contributed by atoms with Crippen LogP contribution in [0.4, 0.5) is 0 Å². The molecule has 1 unspecified atom stereocenters. The Morgan fingerprint density at radius 2 is 1.62 bits per heavy atom. The van der Waals surface area contributed by atoms with Crippen molar-refractivity contribution in [2.75, 3.05) is 0 Å². The zero-order valence-corrected chi connectivity index (χ0v) is 12.8. The molecule has 110 valence electrons. The van der Waals surface area contributed by atoms with E-state index >= 15 is 0 Å². The van der Waals surface area contributed by atoms with Crippen molar-refractivity contribution in [2.24, 2.45) is 0 Å². The van der Waals surface area contributed by atoms with E-state index in [9.17, 15) is 4.79 Å². The van der Waals surface area contributed by atoms with Crippen LogP contribution in [0.1, 0.15) is 61.2 Å². The summed E-state index contributed by atoms with van der Waals surface area (Å²) in [6, 6.07) is 11.0. The summed E-state index contributed by atoms with van der Waals surface area (Å²) in [5, 5.41) is 9.03. The van der Waals surface area contributed by atoms with Crippen LogP contribution in [-0.4, -0.2) is 21.0 Å². The molecular weight excluding hydrogens is 264 g/mol. The van der Waals surface area contributed by atoms with Gasteiger partial charge in [0.1, 0.15) is 5.69 Å². The maximum atomic E-state index is 11.0. The predicted molar refractivity (Wildman–Crippen MR) is 81.7 cm³/mol. The van der Waals surface area contributed by atoms with E-state index in [0.717, 1.165) is 11.4 Å². The lowest BCUT2D eigenvalue weighted by atomic mass is 9.90. The number of nitrogens with zero attached hydrogens (tertiary/aromatic N) is 2. The highest BCUT2D eigenvalue weighted by atomic mass is 16.4. The molecule has 1 atom stereocenters.